The zero-order valence-electron chi connectivity index (χ0n) is 14.7. The molecule has 0 amide bonds. The van der Waals surface area contributed by atoms with Crippen molar-refractivity contribution in [3.8, 4) is 0 Å². The van der Waals surface area contributed by atoms with Crippen molar-refractivity contribution in [3.63, 3.8) is 0 Å². The van der Waals surface area contributed by atoms with Crippen LogP contribution in [0.2, 0.25) is 0 Å². The number of Topliss-reactive ketones (excluding diaryl/α,β-unsaturated/α-hetero) is 1. The van der Waals surface area contributed by atoms with Gasteiger partial charge in [-0.3, -0.25) is 4.79 Å². The van der Waals surface area contributed by atoms with Crippen LogP contribution in [0.1, 0.15) is 73.5 Å². The second kappa shape index (κ2) is 5.89. The monoisotopic (exact) mass is 319 g/mol. The molecule has 3 heteroatoms. The number of rotatable bonds is 3. The molecule has 1 atom stereocenters. The molecular weight excluding hydrogens is 291 g/mol. The minimum atomic E-state index is -1.60. The Labute approximate surface area is 135 Å². The Morgan fingerprint density at radius 2 is 1.50 bits per heavy atom. The predicted molar refractivity (Wildman–Crippen MR) is 93.5 cm³/mol. The minimum Gasteiger partial charge on any atom is -0.289 e. The lowest BCUT2D eigenvalue weighted by molar-refractivity contribution is 0.0937. The molecule has 1 unspecified atom stereocenters. The lowest BCUT2D eigenvalue weighted by Gasteiger charge is -2.24. The molecule has 2 rings (SSSR count). The van der Waals surface area contributed by atoms with Gasteiger partial charge in [-0.2, -0.15) is 0 Å². The van der Waals surface area contributed by atoms with E-state index in [1.807, 2.05) is 34.6 Å². The van der Waals surface area contributed by atoms with Gasteiger partial charge in [0.2, 0.25) is 10.9 Å². The molecule has 0 heterocycles. The highest BCUT2D eigenvalue weighted by Crippen LogP contribution is 2.58. The summed E-state index contributed by atoms with van der Waals surface area (Å²) in [6, 6.07) is 4.13. The van der Waals surface area contributed by atoms with E-state index in [9.17, 15) is 9.36 Å². The van der Waals surface area contributed by atoms with E-state index in [1.165, 1.54) is 5.56 Å². The summed E-state index contributed by atoms with van der Waals surface area (Å²) in [6.45, 7) is 12.0. The van der Waals surface area contributed by atoms with Crippen molar-refractivity contribution in [1.29, 1.82) is 0 Å². The van der Waals surface area contributed by atoms with E-state index in [-0.39, 0.29) is 10.9 Å². The lowest BCUT2D eigenvalue weighted by atomic mass is 9.88. The molecule has 1 aliphatic carbocycles. The summed E-state index contributed by atoms with van der Waals surface area (Å²) in [4.78, 5) is 13.4. The molecule has 0 aliphatic heterocycles. The molecule has 0 aromatic heterocycles. The van der Waals surface area contributed by atoms with Crippen molar-refractivity contribution in [1.82, 2.24) is 0 Å². The highest BCUT2D eigenvalue weighted by molar-refractivity contribution is 7.49. The normalized spacial score (nSPS) is 18.4. The molecule has 0 N–H and O–H groups in total. The van der Waals surface area contributed by atoms with Gasteiger partial charge in [-0.1, -0.05) is 22.3 Å². The predicted octanol–water partition coefficient (Wildman–Crippen LogP) is 5.73. The SMILES string of the molecule is Cc1cc(C)c(C(=O)C2([P+](=O)C(C)(C)C)CCCC2)c(C)c1. The maximum Gasteiger partial charge on any atom is 0.358 e. The Hall–Kier alpha value is -1.01. The largest absolute Gasteiger partial charge is 0.358 e. The van der Waals surface area contributed by atoms with Crippen LogP contribution in [0.15, 0.2) is 12.1 Å². The van der Waals surface area contributed by atoms with E-state index in [2.05, 4.69) is 19.1 Å². The maximum absolute atomic E-state index is 13.4. The first-order valence-electron chi connectivity index (χ1n) is 8.20. The van der Waals surface area contributed by atoms with Crippen molar-refractivity contribution in [2.24, 2.45) is 0 Å². The van der Waals surface area contributed by atoms with Gasteiger partial charge in [0, 0.05) is 18.4 Å². The molecule has 0 saturated heterocycles. The van der Waals surface area contributed by atoms with Gasteiger partial charge in [0.1, 0.15) is 0 Å². The van der Waals surface area contributed by atoms with Gasteiger partial charge in [0.25, 0.3) is 0 Å². The Morgan fingerprint density at radius 3 is 1.91 bits per heavy atom. The van der Waals surface area contributed by atoms with Gasteiger partial charge in [-0.15, -0.1) is 0 Å². The van der Waals surface area contributed by atoms with E-state index in [1.54, 1.807) is 0 Å². The van der Waals surface area contributed by atoms with Crippen LogP contribution in [0.3, 0.4) is 0 Å². The van der Waals surface area contributed by atoms with Crippen LogP contribution in [-0.4, -0.2) is 16.1 Å². The van der Waals surface area contributed by atoms with Crippen LogP contribution in [0, 0.1) is 20.8 Å². The summed E-state index contributed by atoms with van der Waals surface area (Å²) in [5.74, 6) is 0.121. The van der Waals surface area contributed by atoms with Gasteiger partial charge < -0.3 is 0 Å². The number of benzene rings is 1. The summed E-state index contributed by atoms with van der Waals surface area (Å²) in [5, 5.41) is -0.986. The van der Waals surface area contributed by atoms with E-state index < -0.39 is 13.0 Å². The van der Waals surface area contributed by atoms with E-state index >= 15 is 0 Å². The Bertz CT molecular complexity index is 594. The lowest BCUT2D eigenvalue weighted by Crippen LogP contribution is -2.37. The molecule has 1 aromatic rings. The fraction of sp³-hybridized carbons (Fsp3) is 0.632. The highest BCUT2D eigenvalue weighted by atomic mass is 31.1. The molecule has 1 saturated carbocycles. The van der Waals surface area contributed by atoms with Crippen LogP contribution in [0.4, 0.5) is 0 Å². The zero-order valence-corrected chi connectivity index (χ0v) is 15.6. The third-order valence-corrected chi connectivity index (χ3v) is 7.40. The first-order chi connectivity index (χ1) is 10.1. The average Bonchev–Trinajstić information content (AvgIpc) is 2.85. The van der Waals surface area contributed by atoms with Crippen molar-refractivity contribution in [2.45, 2.75) is 77.5 Å². The van der Waals surface area contributed by atoms with Crippen LogP contribution < -0.4 is 0 Å². The van der Waals surface area contributed by atoms with Gasteiger partial charge in [-0.25, -0.2) is 0 Å². The van der Waals surface area contributed by atoms with Crippen molar-refractivity contribution in [3.05, 3.63) is 34.4 Å². The van der Waals surface area contributed by atoms with Gasteiger partial charge >= 0.3 is 7.80 Å². The minimum absolute atomic E-state index is 0.121. The summed E-state index contributed by atoms with van der Waals surface area (Å²) in [7, 11) is -1.60. The molecule has 2 nitrogen and oxygen atoms in total. The first-order valence-corrected chi connectivity index (χ1v) is 9.46. The second-order valence-electron chi connectivity index (χ2n) is 7.81. The smallest absolute Gasteiger partial charge is 0.289 e. The number of carbonyl (C=O) groups excluding carboxylic acids is 1. The number of aryl methyl sites for hydroxylation is 3. The fourth-order valence-corrected chi connectivity index (χ4v) is 6.20. The van der Waals surface area contributed by atoms with Gasteiger partial charge in [0.15, 0.2) is 5.16 Å². The molecule has 0 radical (unpaired) electrons. The van der Waals surface area contributed by atoms with E-state index in [0.717, 1.165) is 42.4 Å². The molecule has 120 valence electrons. The van der Waals surface area contributed by atoms with Gasteiger partial charge in [0.05, 0.1) is 0 Å². The molecule has 0 spiro atoms. The van der Waals surface area contributed by atoms with E-state index in [0.29, 0.717) is 0 Å². The standard InChI is InChI=1S/C19H28O2P/c1-13-11-14(2)16(15(3)12-13)17(20)19(9-7-8-10-19)22(21)18(4,5)6/h11-12H,7-10H2,1-6H3/q+1. The Morgan fingerprint density at radius 1 is 1.05 bits per heavy atom. The summed E-state index contributed by atoms with van der Waals surface area (Å²) < 4.78 is 13.2. The second-order valence-corrected chi connectivity index (χ2v) is 10.6. The zero-order chi connectivity index (χ0) is 16.7. The molecular formula is C19H28O2P+. The first kappa shape index (κ1) is 17.3. The molecule has 1 aromatic carbocycles. The van der Waals surface area contributed by atoms with Crippen molar-refractivity contribution >= 4 is 13.6 Å². The fourth-order valence-electron chi connectivity index (χ4n) is 3.90. The molecule has 1 fully saturated rings. The number of hydrogen-bond acceptors (Lipinski definition) is 2. The third-order valence-electron chi connectivity index (χ3n) is 4.76. The maximum atomic E-state index is 13.4. The molecule has 0 bridgehead atoms. The summed E-state index contributed by atoms with van der Waals surface area (Å²) >= 11 is 0. The summed E-state index contributed by atoms with van der Waals surface area (Å²) in [6.07, 6.45) is 3.55. The topological polar surface area (TPSA) is 34.1 Å². The van der Waals surface area contributed by atoms with Crippen LogP contribution >= 0.6 is 7.80 Å². The van der Waals surface area contributed by atoms with Gasteiger partial charge in [-0.05, 0) is 65.5 Å². The highest BCUT2D eigenvalue weighted by Gasteiger charge is 2.61. The molecule has 1 aliphatic rings. The van der Waals surface area contributed by atoms with Crippen molar-refractivity contribution in [2.75, 3.05) is 0 Å². The molecule has 22 heavy (non-hydrogen) atoms. The van der Waals surface area contributed by atoms with Crippen LogP contribution in [0.5, 0.6) is 0 Å². The quantitative estimate of drug-likeness (QED) is 0.526. The third kappa shape index (κ3) is 2.91. The van der Waals surface area contributed by atoms with E-state index in [4.69, 9.17) is 0 Å². The number of carbonyl (C=O) groups is 1. The van der Waals surface area contributed by atoms with Crippen molar-refractivity contribution < 1.29 is 9.36 Å². The number of ketones is 1. The Balaban J connectivity index is 2.56. The Kier molecular flexibility index (Phi) is 4.64. The average molecular weight is 319 g/mol. The van der Waals surface area contributed by atoms with Crippen LogP contribution in [-0.2, 0) is 4.57 Å². The summed E-state index contributed by atoms with van der Waals surface area (Å²) in [5.41, 5.74) is 4.02. The van der Waals surface area contributed by atoms with Crippen LogP contribution in [0.25, 0.3) is 0 Å². The number of hydrogen-bond donors (Lipinski definition) is 0.